The second-order valence-electron chi connectivity index (χ2n) is 2.60. The first-order valence-corrected chi connectivity index (χ1v) is 3.72. The summed E-state index contributed by atoms with van der Waals surface area (Å²) in [5, 5.41) is 11.7. The van der Waals surface area contributed by atoms with E-state index >= 15 is 0 Å². The Balaban J connectivity index is 2.80. The zero-order chi connectivity index (χ0) is 8.97. The first kappa shape index (κ1) is 8.59. The summed E-state index contributed by atoms with van der Waals surface area (Å²) in [5.41, 5.74) is 0.891. The molecular formula is C9H11NO2. The van der Waals surface area contributed by atoms with Crippen molar-refractivity contribution < 1.29 is 9.90 Å². The third-order valence-corrected chi connectivity index (χ3v) is 1.69. The van der Waals surface area contributed by atoms with Crippen molar-refractivity contribution >= 4 is 6.41 Å². The lowest BCUT2D eigenvalue weighted by atomic mass is 10.1. The van der Waals surface area contributed by atoms with Crippen LogP contribution in [0.4, 0.5) is 0 Å². The van der Waals surface area contributed by atoms with Crippen LogP contribution >= 0.6 is 0 Å². The zero-order valence-corrected chi connectivity index (χ0v) is 6.82. The lowest BCUT2D eigenvalue weighted by Gasteiger charge is -2.09. The van der Waals surface area contributed by atoms with Crippen LogP contribution in [0.15, 0.2) is 24.3 Å². The van der Waals surface area contributed by atoms with E-state index in [-0.39, 0.29) is 11.8 Å². The van der Waals surface area contributed by atoms with Crippen molar-refractivity contribution in [2.45, 2.75) is 13.0 Å². The largest absolute Gasteiger partial charge is 0.508 e. The fourth-order valence-corrected chi connectivity index (χ4v) is 0.992. The van der Waals surface area contributed by atoms with Crippen LogP contribution in [0, 0.1) is 0 Å². The van der Waals surface area contributed by atoms with Crippen LogP contribution < -0.4 is 5.32 Å². The molecule has 0 fully saturated rings. The van der Waals surface area contributed by atoms with E-state index in [0.717, 1.165) is 5.56 Å². The molecule has 1 aromatic rings. The minimum absolute atomic E-state index is 0.0606. The number of phenolic OH excluding ortho intramolecular Hbond substituents is 1. The molecule has 0 bridgehead atoms. The lowest BCUT2D eigenvalue weighted by Crippen LogP contribution is -2.15. The van der Waals surface area contributed by atoms with Crippen molar-refractivity contribution in [1.29, 1.82) is 0 Å². The molecule has 1 amide bonds. The van der Waals surface area contributed by atoms with Crippen LogP contribution in [-0.4, -0.2) is 11.5 Å². The number of phenols is 1. The highest BCUT2D eigenvalue weighted by atomic mass is 16.3. The van der Waals surface area contributed by atoms with Gasteiger partial charge in [0, 0.05) is 0 Å². The van der Waals surface area contributed by atoms with E-state index in [2.05, 4.69) is 5.32 Å². The van der Waals surface area contributed by atoms with Crippen LogP contribution in [0.3, 0.4) is 0 Å². The molecule has 1 unspecified atom stereocenters. The van der Waals surface area contributed by atoms with Gasteiger partial charge in [-0.2, -0.15) is 0 Å². The summed E-state index contributed by atoms with van der Waals surface area (Å²) in [5.74, 6) is 0.215. The van der Waals surface area contributed by atoms with Crippen LogP contribution in [0.25, 0.3) is 0 Å². The van der Waals surface area contributed by atoms with E-state index in [1.165, 1.54) is 0 Å². The van der Waals surface area contributed by atoms with E-state index in [4.69, 9.17) is 5.11 Å². The average molecular weight is 165 g/mol. The standard InChI is InChI=1S/C9H11NO2/c1-7(10-6-11)8-3-2-4-9(12)5-8/h2-7,12H,1H3,(H,10,11). The zero-order valence-electron chi connectivity index (χ0n) is 6.82. The number of carbonyl (C=O) groups excluding carboxylic acids is 1. The maximum absolute atomic E-state index is 10.1. The summed E-state index contributed by atoms with van der Waals surface area (Å²) in [6, 6.07) is 6.75. The number of amides is 1. The molecule has 12 heavy (non-hydrogen) atoms. The van der Waals surface area contributed by atoms with E-state index in [1.807, 2.05) is 13.0 Å². The summed E-state index contributed by atoms with van der Waals surface area (Å²) >= 11 is 0. The van der Waals surface area contributed by atoms with E-state index in [9.17, 15) is 4.79 Å². The molecule has 1 aromatic carbocycles. The van der Waals surface area contributed by atoms with Crippen LogP contribution in [0.2, 0.25) is 0 Å². The molecule has 0 saturated carbocycles. The molecule has 0 saturated heterocycles. The van der Waals surface area contributed by atoms with Gasteiger partial charge in [-0.1, -0.05) is 12.1 Å². The van der Waals surface area contributed by atoms with Gasteiger partial charge in [-0.3, -0.25) is 4.79 Å². The summed E-state index contributed by atoms with van der Waals surface area (Å²) in [7, 11) is 0. The molecule has 2 N–H and O–H groups in total. The number of rotatable bonds is 3. The molecule has 3 heteroatoms. The third kappa shape index (κ3) is 1.99. The summed E-state index contributed by atoms with van der Waals surface area (Å²) in [6.45, 7) is 1.85. The molecule has 0 radical (unpaired) electrons. The van der Waals surface area contributed by atoms with Gasteiger partial charge in [0.05, 0.1) is 6.04 Å². The summed E-state index contributed by atoms with van der Waals surface area (Å²) in [4.78, 5) is 10.1. The van der Waals surface area contributed by atoms with Crippen molar-refractivity contribution in [1.82, 2.24) is 5.32 Å². The van der Waals surface area contributed by atoms with Crippen molar-refractivity contribution in [3.63, 3.8) is 0 Å². The summed E-state index contributed by atoms with van der Waals surface area (Å²) < 4.78 is 0. The number of nitrogens with one attached hydrogen (secondary N) is 1. The predicted octanol–water partition coefficient (Wildman–Crippen LogP) is 1.20. The fourth-order valence-electron chi connectivity index (χ4n) is 0.992. The Morgan fingerprint density at radius 1 is 1.58 bits per heavy atom. The van der Waals surface area contributed by atoms with Gasteiger partial charge in [0.15, 0.2) is 0 Å². The van der Waals surface area contributed by atoms with Gasteiger partial charge in [-0.25, -0.2) is 0 Å². The lowest BCUT2D eigenvalue weighted by molar-refractivity contribution is -0.110. The molecule has 0 aliphatic heterocycles. The second-order valence-corrected chi connectivity index (χ2v) is 2.60. The van der Waals surface area contributed by atoms with Crippen molar-refractivity contribution in [3.05, 3.63) is 29.8 Å². The quantitative estimate of drug-likeness (QED) is 0.661. The van der Waals surface area contributed by atoms with Crippen molar-refractivity contribution in [3.8, 4) is 5.75 Å². The van der Waals surface area contributed by atoms with Crippen molar-refractivity contribution in [2.24, 2.45) is 0 Å². The SMILES string of the molecule is CC(NC=O)c1cccc(O)c1. The van der Waals surface area contributed by atoms with Crippen molar-refractivity contribution in [2.75, 3.05) is 0 Å². The van der Waals surface area contributed by atoms with Gasteiger partial charge in [-0.05, 0) is 24.6 Å². The molecule has 3 nitrogen and oxygen atoms in total. The average Bonchev–Trinajstić information content (AvgIpc) is 2.05. The maximum Gasteiger partial charge on any atom is 0.207 e. The van der Waals surface area contributed by atoms with Gasteiger partial charge in [0.2, 0.25) is 6.41 Å². The Labute approximate surface area is 71.0 Å². The summed E-state index contributed by atoms with van der Waals surface area (Å²) in [6.07, 6.45) is 0.648. The first-order valence-electron chi connectivity index (χ1n) is 3.72. The Bertz CT molecular complexity index is 273. The van der Waals surface area contributed by atoms with Gasteiger partial charge < -0.3 is 10.4 Å². The molecular weight excluding hydrogens is 154 g/mol. The molecule has 0 aromatic heterocycles. The molecule has 0 spiro atoms. The number of carbonyl (C=O) groups is 1. The molecule has 0 aliphatic carbocycles. The number of aromatic hydroxyl groups is 1. The second kappa shape index (κ2) is 3.76. The molecule has 1 rings (SSSR count). The van der Waals surface area contributed by atoms with Gasteiger partial charge in [0.25, 0.3) is 0 Å². The van der Waals surface area contributed by atoms with E-state index < -0.39 is 0 Å². The Morgan fingerprint density at radius 3 is 2.92 bits per heavy atom. The number of hydrogen-bond donors (Lipinski definition) is 2. The molecule has 0 aliphatic rings. The minimum Gasteiger partial charge on any atom is -0.508 e. The topological polar surface area (TPSA) is 49.3 Å². The fraction of sp³-hybridized carbons (Fsp3) is 0.222. The monoisotopic (exact) mass is 165 g/mol. The normalized spacial score (nSPS) is 12.1. The Hall–Kier alpha value is -1.51. The van der Waals surface area contributed by atoms with Crippen LogP contribution in [0.5, 0.6) is 5.75 Å². The molecule has 0 heterocycles. The van der Waals surface area contributed by atoms with Crippen LogP contribution in [-0.2, 0) is 4.79 Å². The highest BCUT2D eigenvalue weighted by Crippen LogP contribution is 2.16. The smallest absolute Gasteiger partial charge is 0.207 e. The van der Waals surface area contributed by atoms with Gasteiger partial charge in [-0.15, -0.1) is 0 Å². The van der Waals surface area contributed by atoms with Gasteiger partial charge in [0.1, 0.15) is 5.75 Å². The van der Waals surface area contributed by atoms with Crippen LogP contribution in [0.1, 0.15) is 18.5 Å². The predicted molar refractivity (Wildman–Crippen MR) is 45.7 cm³/mol. The Kier molecular flexibility index (Phi) is 2.69. The Morgan fingerprint density at radius 2 is 2.33 bits per heavy atom. The first-order chi connectivity index (χ1) is 5.74. The van der Waals surface area contributed by atoms with E-state index in [1.54, 1.807) is 18.2 Å². The maximum atomic E-state index is 10.1. The number of benzene rings is 1. The highest BCUT2D eigenvalue weighted by molar-refractivity contribution is 5.47. The third-order valence-electron chi connectivity index (χ3n) is 1.69. The highest BCUT2D eigenvalue weighted by Gasteiger charge is 2.02. The van der Waals surface area contributed by atoms with Gasteiger partial charge >= 0.3 is 0 Å². The number of hydrogen-bond acceptors (Lipinski definition) is 2. The molecule has 64 valence electrons. The minimum atomic E-state index is -0.0606. The van der Waals surface area contributed by atoms with E-state index in [0.29, 0.717) is 6.41 Å². The molecule has 1 atom stereocenters.